The Morgan fingerprint density at radius 3 is 2.02 bits per heavy atom. The quantitative estimate of drug-likeness (QED) is 0.185. The van der Waals surface area contributed by atoms with Crippen LogP contribution in [0.5, 0.6) is 11.5 Å². The Bertz CT molecular complexity index is 2380. The molecular weight excluding hydrogens is 625 g/mol. The van der Waals surface area contributed by atoms with Crippen molar-refractivity contribution in [1.82, 2.24) is 0 Å². The average Bonchev–Trinajstić information content (AvgIpc) is 3.49. The van der Waals surface area contributed by atoms with Crippen LogP contribution < -0.4 is 15.8 Å². The van der Waals surface area contributed by atoms with E-state index in [2.05, 4.69) is 145 Å². The molecule has 2 aliphatic heterocycles. The number of nitrogens with two attached hydrogens (primary N) is 2. The molecule has 4 N–H and O–H groups in total. The van der Waals surface area contributed by atoms with Gasteiger partial charge in [0, 0.05) is 22.4 Å². The minimum atomic E-state index is -0.600. The number of aliphatic imine (C=N–C) groups is 1. The van der Waals surface area contributed by atoms with E-state index in [-0.39, 0.29) is 12.3 Å². The third-order valence-corrected chi connectivity index (χ3v) is 10.9. The first-order chi connectivity index (χ1) is 25.2. The van der Waals surface area contributed by atoms with Crippen molar-refractivity contribution >= 4 is 11.5 Å². The Morgan fingerprint density at radius 2 is 1.29 bits per heavy atom. The van der Waals surface area contributed by atoms with Crippen LogP contribution in [0.3, 0.4) is 0 Å². The first kappa shape index (κ1) is 29.7. The lowest BCUT2D eigenvalue weighted by molar-refractivity contribution is -0.714. The molecule has 0 saturated carbocycles. The highest BCUT2D eigenvalue weighted by molar-refractivity contribution is 6.09. The largest absolute Gasteiger partial charge is 0.455 e. The summed E-state index contributed by atoms with van der Waals surface area (Å²) in [5.74, 6) is 2.49. The minimum Gasteiger partial charge on any atom is -0.455 e. The highest BCUT2D eigenvalue weighted by Gasteiger charge is 2.52. The third-order valence-electron chi connectivity index (χ3n) is 10.9. The number of allylic oxidation sites excluding steroid dienone is 3. The molecule has 6 aromatic rings. The van der Waals surface area contributed by atoms with Gasteiger partial charge in [-0.3, -0.25) is 0 Å². The number of hydrogen-bond acceptors (Lipinski definition) is 3. The monoisotopic (exact) mass is 660 g/mol. The van der Waals surface area contributed by atoms with Crippen molar-refractivity contribution in [2.45, 2.75) is 30.6 Å². The van der Waals surface area contributed by atoms with Crippen LogP contribution >= 0.6 is 0 Å². The molecule has 51 heavy (non-hydrogen) atoms. The Kier molecular flexibility index (Phi) is 6.83. The summed E-state index contributed by atoms with van der Waals surface area (Å²) >= 11 is 0. The molecule has 0 bridgehead atoms. The maximum Gasteiger partial charge on any atom is 0.141 e. The summed E-state index contributed by atoms with van der Waals surface area (Å²) in [7, 11) is 0. The second kappa shape index (κ2) is 11.7. The molecule has 6 aromatic carbocycles. The van der Waals surface area contributed by atoms with Crippen LogP contribution in [0.15, 0.2) is 168 Å². The summed E-state index contributed by atoms with van der Waals surface area (Å²) in [6, 6.07) is 49.4. The topological polar surface area (TPSA) is 78.3 Å². The van der Waals surface area contributed by atoms with Crippen LogP contribution in [0.2, 0.25) is 0 Å². The van der Waals surface area contributed by atoms with Crippen LogP contribution in [-0.2, 0) is 5.41 Å². The molecule has 0 aromatic heterocycles. The van der Waals surface area contributed by atoms with Crippen LogP contribution in [0.4, 0.5) is 5.69 Å². The number of fused-ring (bicyclic) bond motifs is 9. The molecule has 4 aliphatic rings. The predicted molar refractivity (Wildman–Crippen MR) is 205 cm³/mol. The fraction of sp³-hybridized carbons (Fsp3) is 0.109. The number of quaternary nitrogens is 1. The molecule has 2 atom stereocenters. The average molecular weight is 661 g/mol. The zero-order valence-electron chi connectivity index (χ0n) is 28.0. The molecule has 0 saturated heterocycles. The first-order valence-corrected chi connectivity index (χ1v) is 17.7. The Morgan fingerprint density at radius 1 is 0.647 bits per heavy atom. The van der Waals surface area contributed by atoms with Gasteiger partial charge >= 0.3 is 0 Å². The Balaban J connectivity index is 1.24. The van der Waals surface area contributed by atoms with Crippen molar-refractivity contribution in [2.24, 2.45) is 4.99 Å². The third kappa shape index (κ3) is 4.55. The maximum absolute atomic E-state index is 7.34. The Hall–Kier alpha value is -6.17. The van der Waals surface area contributed by atoms with Crippen molar-refractivity contribution in [2.75, 3.05) is 5.73 Å². The number of ether oxygens (including phenoxy) is 1. The number of rotatable bonds is 4. The van der Waals surface area contributed by atoms with Gasteiger partial charge in [-0.25, -0.2) is 0 Å². The lowest BCUT2D eigenvalue weighted by Crippen LogP contribution is -2.92. The van der Waals surface area contributed by atoms with Gasteiger partial charge in [0.25, 0.3) is 0 Å². The number of nitrogen functional groups attached to an aromatic ring is 1. The first-order valence-electron chi connectivity index (χ1n) is 17.7. The van der Waals surface area contributed by atoms with E-state index >= 15 is 0 Å². The van der Waals surface area contributed by atoms with E-state index in [9.17, 15) is 0 Å². The molecule has 10 rings (SSSR count). The molecular formula is C46H36N4O. The number of benzene rings is 6. The van der Waals surface area contributed by atoms with Gasteiger partial charge in [-0.05, 0) is 75.8 Å². The van der Waals surface area contributed by atoms with Gasteiger partial charge in [-0.1, -0.05) is 140 Å². The molecule has 0 amide bonds. The van der Waals surface area contributed by atoms with Gasteiger partial charge in [0.1, 0.15) is 23.8 Å². The smallest absolute Gasteiger partial charge is 0.141 e. The van der Waals surface area contributed by atoms with Crippen LogP contribution in [0.25, 0.3) is 27.6 Å². The lowest BCUT2D eigenvalue weighted by Gasteiger charge is -2.42. The molecule has 5 nitrogen and oxygen atoms in total. The second-order valence-corrected chi connectivity index (χ2v) is 13.7. The number of amidine groups is 1. The van der Waals surface area contributed by atoms with Gasteiger partial charge in [-0.2, -0.15) is 0 Å². The second-order valence-electron chi connectivity index (χ2n) is 13.7. The number of anilines is 1. The molecule has 5 heteroatoms. The van der Waals surface area contributed by atoms with Crippen molar-refractivity contribution < 1.29 is 10.1 Å². The summed E-state index contributed by atoms with van der Waals surface area (Å²) in [5.41, 5.74) is 19.0. The SMILES string of the molecule is Nc1ccc(-c2cccc3c2Oc2c(C4N=C(c5ccccc5)[N-]C(C5=CC=CCC5)[NH2+]4)cccc2C32c3ccccc3-c3ccccc32)cc1. The molecule has 2 unspecified atom stereocenters. The van der Waals surface area contributed by atoms with Crippen molar-refractivity contribution in [1.29, 1.82) is 0 Å². The molecule has 1 spiro atoms. The molecule has 246 valence electrons. The summed E-state index contributed by atoms with van der Waals surface area (Å²) in [6.45, 7) is 0. The van der Waals surface area contributed by atoms with Crippen molar-refractivity contribution in [3.63, 3.8) is 0 Å². The predicted octanol–water partition coefficient (Wildman–Crippen LogP) is 9.40. The fourth-order valence-electron chi connectivity index (χ4n) is 8.63. The number of nitrogens with zero attached hydrogens (tertiary/aromatic N) is 2. The minimum absolute atomic E-state index is 0.0911. The highest BCUT2D eigenvalue weighted by atomic mass is 16.5. The van der Waals surface area contributed by atoms with Gasteiger partial charge in [-0.15, -0.1) is 0 Å². The molecule has 0 radical (unpaired) electrons. The van der Waals surface area contributed by atoms with Crippen LogP contribution in [0, 0.1) is 0 Å². The number of hydrogen-bond donors (Lipinski definition) is 2. The molecule has 2 heterocycles. The van der Waals surface area contributed by atoms with E-state index in [1.807, 2.05) is 18.2 Å². The van der Waals surface area contributed by atoms with Gasteiger partial charge in [0.05, 0.1) is 11.0 Å². The van der Waals surface area contributed by atoms with Crippen LogP contribution in [0.1, 0.15) is 52.4 Å². The lowest BCUT2D eigenvalue weighted by atomic mass is 9.65. The van der Waals surface area contributed by atoms with Crippen molar-refractivity contribution in [3.8, 4) is 33.8 Å². The van der Waals surface area contributed by atoms with Crippen molar-refractivity contribution in [3.05, 3.63) is 202 Å². The van der Waals surface area contributed by atoms with Gasteiger partial charge < -0.3 is 26.1 Å². The standard InChI is InChI=1S/C46H35N4O/c47-32-27-25-29(26-28-32)33-19-11-23-39-41(33)51-42-36(45-49-43(30-13-3-1-4-14-30)48-44(50-45)31-15-5-2-6-16-31)20-12-24-40(42)46(39)37-21-9-7-17-34(37)35-18-8-10-22-38(35)46/h1-5,7-15,17-28,44-45,50H,6,16,47H2/q-1/p+1. The molecule has 0 fully saturated rings. The van der Waals surface area contributed by atoms with Gasteiger partial charge in [0.15, 0.2) is 0 Å². The fourth-order valence-corrected chi connectivity index (χ4v) is 8.63. The maximum atomic E-state index is 7.34. The summed E-state index contributed by atoms with van der Waals surface area (Å²) in [6.07, 6.45) is 8.24. The Labute approximate surface area is 297 Å². The zero-order valence-corrected chi connectivity index (χ0v) is 28.0. The highest BCUT2D eigenvalue weighted by Crippen LogP contribution is 2.64. The van der Waals surface area contributed by atoms with E-state index in [1.165, 1.54) is 27.8 Å². The van der Waals surface area contributed by atoms with E-state index < -0.39 is 5.41 Å². The summed E-state index contributed by atoms with van der Waals surface area (Å²) in [4.78, 5) is 5.38. The zero-order chi connectivity index (χ0) is 33.9. The van der Waals surface area contributed by atoms with E-state index in [0.717, 1.165) is 69.2 Å². The van der Waals surface area contributed by atoms with Gasteiger partial charge in [0.2, 0.25) is 0 Å². The number of para-hydroxylation sites is 2. The normalized spacial score (nSPS) is 19.1. The molecule has 2 aliphatic carbocycles. The van der Waals surface area contributed by atoms with E-state index in [4.69, 9.17) is 20.8 Å². The summed E-state index contributed by atoms with van der Waals surface area (Å²) < 4.78 is 7.34. The summed E-state index contributed by atoms with van der Waals surface area (Å²) in [5, 5.41) is 7.54. The van der Waals surface area contributed by atoms with Crippen LogP contribution in [-0.4, -0.2) is 12.0 Å². The van der Waals surface area contributed by atoms with E-state index in [0.29, 0.717) is 0 Å². The van der Waals surface area contributed by atoms with E-state index in [1.54, 1.807) is 0 Å².